The first-order chi connectivity index (χ1) is 12.0. The molecule has 9 heteroatoms. The van der Waals surface area contributed by atoms with Gasteiger partial charge in [0.25, 0.3) is 5.89 Å². The standard InChI is InChI=1S/C16H13BrN2O6/c1-22-9-3-4-12(23-2)10(7-9)11(20)8-19-16(21)25-15(18-19)13-5-6-14(17)24-13/h3-7H,8H2,1-2H3. The number of halogens is 1. The Labute approximate surface area is 150 Å². The van der Waals surface area contributed by atoms with Crippen molar-refractivity contribution >= 4 is 21.7 Å². The molecule has 0 fully saturated rings. The van der Waals surface area contributed by atoms with E-state index < -0.39 is 5.76 Å². The molecule has 0 N–H and O–H groups in total. The fraction of sp³-hybridized carbons (Fsp3) is 0.188. The minimum Gasteiger partial charge on any atom is -0.497 e. The van der Waals surface area contributed by atoms with Gasteiger partial charge in [-0.3, -0.25) is 4.79 Å². The Balaban J connectivity index is 1.89. The van der Waals surface area contributed by atoms with Gasteiger partial charge in [-0.1, -0.05) is 0 Å². The number of hydrogen-bond acceptors (Lipinski definition) is 7. The van der Waals surface area contributed by atoms with E-state index in [4.69, 9.17) is 18.3 Å². The number of ether oxygens (including phenoxy) is 2. The Morgan fingerprint density at radius 1 is 1.20 bits per heavy atom. The van der Waals surface area contributed by atoms with Crippen molar-refractivity contribution in [2.75, 3.05) is 14.2 Å². The number of methoxy groups -OCH3 is 2. The fourth-order valence-corrected chi connectivity index (χ4v) is 2.49. The van der Waals surface area contributed by atoms with Crippen LogP contribution >= 0.6 is 15.9 Å². The van der Waals surface area contributed by atoms with Gasteiger partial charge in [0.2, 0.25) is 0 Å². The number of carbonyl (C=O) groups is 1. The summed E-state index contributed by atoms with van der Waals surface area (Å²) in [6.45, 7) is -0.312. The summed E-state index contributed by atoms with van der Waals surface area (Å²) in [5.41, 5.74) is 0.277. The minimum atomic E-state index is -0.766. The summed E-state index contributed by atoms with van der Waals surface area (Å²) in [4.78, 5) is 24.5. The highest BCUT2D eigenvalue weighted by Crippen LogP contribution is 2.25. The Morgan fingerprint density at radius 2 is 2.00 bits per heavy atom. The normalized spacial score (nSPS) is 10.7. The van der Waals surface area contributed by atoms with Gasteiger partial charge in [-0.2, -0.15) is 4.68 Å². The molecule has 0 aliphatic heterocycles. The van der Waals surface area contributed by atoms with Crippen molar-refractivity contribution in [3.63, 3.8) is 0 Å². The molecule has 2 aromatic heterocycles. The molecule has 0 unspecified atom stereocenters. The van der Waals surface area contributed by atoms with E-state index >= 15 is 0 Å². The number of aromatic nitrogens is 2. The molecule has 8 nitrogen and oxygen atoms in total. The maximum atomic E-state index is 12.6. The lowest BCUT2D eigenvalue weighted by Crippen LogP contribution is -2.22. The van der Waals surface area contributed by atoms with Gasteiger partial charge in [0, 0.05) is 0 Å². The second kappa shape index (κ2) is 6.98. The quantitative estimate of drug-likeness (QED) is 0.578. The molecule has 0 amide bonds. The number of rotatable bonds is 6. The van der Waals surface area contributed by atoms with Gasteiger partial charge in [0.1, 0.15) is 18.0 Å². The molecule has 0 aliphatic carbocycles. The maximum absolute atomic E-state index is 12.6. The molecular weight excluding hydrogens is 396 g/mol. The first-order valence-electron chi connectivity index (χ1n) is 7.10. The molecule has 0 bridgehead atoms. The van der Waals surface area contributed by atoms with Crippen molar-refractivity contribution in [1.29, 1.82) is 0 Å². The second-order valence-electron chi connectivity index (χ2n) is 4.92. The van der Waals surface area contributed by atoms with Crippen molar-refractivity contribution in [3.05, 3.63) is 51.1 Å². The number of ketones is 1. The lowest BCUT2D eigenvalue weighted by molar-refractivity contribution is 0.0961. The number of hydrogen-bond donors (Lipinski definition) is 0. The van der Waals surface area contributed by atoms with Gasteiger partial charge in [-0.05, 0) is 46.3 Å². The summed E-state index contributed by atoms with van der Waals surface area (Å²) in [6.07, 6.45) is 0. The van der Waals surface area contributed by atoms with Gasteiger partial charge in [-0.25, -0.2) is 4.79 Å². The van der Waals surface area contributed by atoms with Gasteiger partial charge in [0.15, 0.2) is 16.2 Å². The average Bonchev–Trinajstić information content (AvgIpc) is 3.20. The summed E-state index contributed by atoms with van der Waals surface area (Å²) in [5.74, 6) is -0.0124. The summed E-state index contributed by atoms with van der Waals surface area (Å²) >= 11 is 3.15. The predicted molar refractivity (Wildman–Crippen MR) is 90.0 cm³/mol. The Morgan fingerprint density at radius 3 is 2.64 bits per heavy atom. The van der Waals surface area contributed by atoms with Crippen LogP contribution in [0.5, 0.6) is 11.5 Å². The van der Waals surface area contributed by atoms with Crippen LogP contribution in [0.1, 0.15) is 10.4 Å². The topological polar surface area (TPSA) is 96.7 Å². The first-order valence-corrected chi connectivity index (χ1v) is 7.90. The van der Waals surface area contributed by atoms with Gasteiger partial charge >= 0.3 is 5.76 Å². The Hall–Kier alpha value is -2.81. The average molecular weight is 409 g/mol. The zero-order chi connectivity index (χ0) is 18.0. The van der Waals surface area contributed by atoms with Crippen LogP contribution in [0, 0.1) is 0 Å². The predicted octanol–water partition coefficient (Wildman–Crippen LogP) is 2.76. The van der Waals surface area contributed by atoms with Crippen molar-refractivity contribution in [2.24, 2.45) is 0 Å². The van der Waals surface area contributed by atoms with Crippen LogP contribution in [0.4, 0.5) is 0 Å². The molecule has 0 aliphatic rings. The molecule has 2 heterocycles. The molecule has 0 spiro atoms. The highest BCUT2D eigenvalue weighted by Gasteiger charge is 2.19. The molecule has 0 saturated carbocycles. The van der Waals surface area contributed by atoms with E-state index in [1.165, 1.54) is 20.3 Å². The van der Waals surface area contributed by atoms with Gasteiger partial charge in [0.05, 0.1) is 19.8 Å². The van der Waals surface area contributed by atoms with E-state index in [1.807, 2.05) is 0 Å². The van der Waals surface area contributed by atoms with E-state index in [2.05, 4.69) is 21.0 Å². The summed E-state index contributed by atoms with van der Waals surface area (Å²) in [5, 5.41) is 3.99. The van der Waals surface area contributed by atoms with E-state index in [0.717, 1.165) is 4.68 Å². The minimum absolute atomic E-state index is 0.0129. The molecule has 1 aromatic carbocycles. The highest BCUT2D eigenvalue weighted by atomic mass is 79.9. The molecule has 0 saturated heterocycles. The van der Waals surface area contributed by atoms with Crippen LogP contribution < -0.4 is 15.2 Å². The number of carbonyl (C=O) groups excluding carboxylic acids is 1. The Bertz CT molecular complexity index is 971. The van der Waals surface area contributed by atoms with Crippen LogP contribution in [-0.2, 0) is 6.54 Å². The van der Waals surface area contributed by atoms with Crippen LogP contribution in [0.2, 0.25) is 0 Å². The van der Waals surface area contributed by atoms with Crippen molar-refractivity contribution in [2.45, 2.75) is 6.54 Å². The van der Waals surface area contributed by atoms with Crippen molar-refractivity contribution in [1.82, 2.24) is 9.78 Å². The summed E-state index contributed by atoms with van der Waals surface area (Å²) < 4.78 is 22.0. The molecule has 3 rings (SSSR count). The lowest BCUT2D eigenvalue weighted by atomic mass is 10.1. The fourth-order valence-electron chi connectivity index (χ4n) is 2.19. The van der Waals surface area contributed by atoms with E-state index in [0.29, 0.717) is 16.2 Å². The largest absolute Gasteiger partial charge is 0.497 e. The van der Waals surface area contributed by atoms with Gasteiger partial charge < -0.3 is 18.3 Å². The number of nitrogens with zero attached hydrogens (tertiary/aromatic N) is 2. The van der Waals surface area contributed by atoms with Crippen LogP contribution in [0.25, 0.3) is 11.7 Å². The van der Waals surface area contributed by atoms with Crippen molar-refractivity contribution < 1.29 is 23.1 Å². The van der Waals surface area contributed by atoms with E-state index in [1.54, 1.807) is 24.3 Å². The number of Topliss-reactive ketones (excluding diaryl/α,β-unsaturated/α-hetero) is 1. The van der Waals surface area contributed by atoms with Crippen LogP contribution in [0.3, 0.4) is 0 Å². The monoisotopic (exact) mass is 408 g/mol. The van der Waals surface area contributed by atoms with Crippen LogP contribution in [-0.4, -0.2) is 29.8 Å². The third-order valence-electron chi connectivity index (χ3n) is 3.39. The molecular formula is C16H13BrN2O6. The third-order valence-corrected chi connectivity index (χ3v) is 3.82. The molecule has 130 valence electrons. The van der Waals surface area contributed by atoms with E-state index in [9.17, 15) is 9.59 Å². The van der Waals surface area contributed by atoms with E-state index in [-0.39, 0.29) is 29.5 Å². The molecule has 3 aromatic rings. The zero-order valence-electron chi connectivity index (χ0n) is 13.3. The molecule has 0 radical (unpaired) electrons. The Kier molecular flexibility index (Phi) is 4.75. The summed E-state index contributed by atoms with van der Waals surface area (Å²) in [6, 6.07) is 8.05. The van der Waals surface area contributed by atoms with Crippen LogP contribution in [0.15, 0.2) is 48.6 Å². The SMILES string of the molecule is COc1ccc(OC)c(C(=O)Cn2nc(-c3ccc(Br)o3)oc2=O)c1. The molecule has 0 atom stereocenters. The highest BCUT2D eigenvalue weighted by molar-refractivity contribution is 9.10. The zero-order valence-corrected chi connectivity index (χ0v) is 14.9. The molecule has 25 heavy (non-hydrogen) atoms. The maximum Gasteiger partial charge on any atom is 0.437 e. The number of benzene rings is 1. The summed E-state index contributed by atoms with van der Waals surface area (Å²) in [7, 11) is 2.94. The second-order valence-corrected chi connectivity index (χ2v) is 5.71. The smallest absolute Gasteiger partial charge is 0.437 e. The third kappa shape index (κ3) is 3.50. The lowest BCUT2D eigenvalue weighted by Gasteiger charge is -2.09. The first kappa shape index (κ1) is 17.0. The van der Waals surface area contributed by atoms with Gasteiger partial charge in [-0.15, -0.1) is 5.10 Å². The van der Waals surface area contributed by atoms with Crippen molar-refractivity contribution in [3.8, 4) is 23.1 Å². The number of furan rings is 1.